The van der Waals surface area contributed by atoms with Crippen molar-refractivity contribution in [3.8, 4) is 0 Å². The lowest BCUT2D eigenvalue weighted by molar-refractivity contribution is 0.146. The monoisotopic (exact) mass is 273 g/mol. The number of aryl methyl sites for hydroxylation is 2. The summed E-state index contributed by atoms with van der Waals surface area (Å²) in [5.74, 6) is 0.508. The van der Waals surface area contributed by atoms with Gasteiger partial charge in [-0.15, -0.1) is 0 Å². The Bertz CT molecular complexity index is 377. The highest BCUT2D eigenvalue weighted by atomic mass is 35.5. The van der Waals surface area contributed by atoms with E-state index >= 15 is 0 Å². The summed E-state index contributed by atoms with van der Waals surface area (Å²) >= 11 is 6.24. The van der Waals surface area contributed by atoms with Crippen molar-refractivity contribution in [2.45, 2.75) is 46.3 Å². The van der Waals surface area contributed by atoms with E-state index < -0.39 is 0 Å². The van der Waals surface area contributed by atoms with Crippen molar-refractivity contribution in [1.29, 1.82) is 0 Å². The van der Waals surface area contributed by atoms with Crippen LogP contribution in [0.1, 0.15) is 38.6 Å². The third-order valence-electron chi connectivity index (χ3n) is 2.92. The summed E-state index contributed by atoms with van der Waals surface area (Å²) in [4.78, 5) is 0. The second kappa shape index (κ2) is 7.12. The first-order chi connectivity index (χ1) is 8.45. The van der Waals surface area contributed by atoms with Gasteiger partial charge in [0.15, 0.2) is 0 Å². The van der Waals surface area contributed by atoms with Crippen molar-refractivity contribution in [2.75, 3.05) is 6.54 Å². The second-order valence-corrected chi connectivity index (χ2v) is 5.48. The lowest BCUT2D eigenvalue weighted by atomic mass is 10.1. The lowest BCUT2D eigenvalue weighted by Gasteiger charge is -2.14. The summed E-state index contributed by atoms with van der Waals surface area (Å²) in [6.45, 7) is 7.47. The zero-order chi connectivity index (χ0) is 13.7. The summed E-state index contributed by atoms with van der Waals surface area (Å²) in [7, 11) is 1.90. The first kappa shape index (κ1) is 15.5. The summed E-state index contributed by atoms with van der Waals surface area (Å²) in [5, 5.41) is 18.1. The second-order valence-electron chi connectivity index (χ2n) is 5.10. The van der Waals surface area contributed by atoms with E-state index in [4.69, 9.17) is 11.6 Å². The van der Waals surface area contributed by atoms with Crippen molar-refractivity contribution in [1.82, 2.24) is 15.1 Å². The third kappa shape index (κ3) is 4.26. The highest BCUT2D eigenvalue weighted by Crippen LogP contribution is 2.20. The summed E-state index contributed by atoms with van der Waals surface area (Å²) in [6, 6.07) is 0. The predicted octanol–water partition coefficient (Wildman–Crippen LogP) is 2.13. The predicted molar refractivity (Wildman–Crippen MR) is 74.8 cm³/mol. The fourth-order valence-corrected chi connectivity index (χ4v) is 2.36. The number of aromatic nitrogens is 2. The molecule has 0 fully saturated rings. The van der Waals surface area contributed by atoms with Gasteiger partial charge in [0, 0.05) is 20.1 Å². The van der Waals surface area contributed by atoms with Crippen LogP contribution in [0.25, 0.3) is 0 Å². The average Bonchev–Trinajstić information content (AvgIpc) is 2.55. The molecule has 1 heterocycles. The minimum Gasteiger partial charge on any atom is -0.392 e. The molecule has 0 radical (unpaired) electrons. The Balaban J connectivity index is 2.46. The van der Waals surface area contributed by atoms with E-state index in [1.54, 1.807) is 0 Å². The van der Waals surface area contributed by atoms with Crippen molar-refractivity contribution in [3.05, 3.63) is 16.4 Å². The Morgan fingerprint density at radius 1 is 1.44 bits per heavy atom. The molecule has 0 saturated heterocycles. The van der Waals surface area contributed by atoms with Gasteiger partial charge in [0.25, 0.3) is 0 Å². The van der Waals surface area contributed by atoms with Crippen LogP contribution in [0, 0.1) is 5.92 Å². The highest BCUT2D eigenvalue weighted by molar-refractivity contribution is 6.31. The van der Waals surface area contributed by atoms with Gasteiger partial charge in [0.2, 0.25) is 0 Å². The van der Waals surface area contributed by atoms with Crippen molar-refractivity contribution < 1.29 is 5.11 Å². The van der Waals surface area contributed by atoms with Crippen LogP contribution in [-0.2, 0) is 20.0 Å². The van der Waals surface area contributed by atoms with E-state index in [9.17, 15) is 5.11 Å². The zero-order valence-corrected chi connectivity index (χ0v) is 12.5. The molecule has 2 N–H and O–H groups in total. The molecule has 0 spiro atoms. The molecule has 104 valence electrons. The fraction of sp³-hybridized carbons (Fsp3) is 0.769. The van der Waals surface area contributed by atoms with Crippen molar-refractivity contribution in [2.24, 2.45) is 13.0 Å². The Hall–Kier alpha value is -0.580. The van der Waals surface area contributed by atoms with Crippen LogP contribution in [0.15, 0.2) is 0 Å². The molecule has 0 amide bonds. The molecule has 1 rings (SSSR count). The molecule has 1 aromatic rings. The van der Waals surface area contributed by atoms with E-state index in [1.165, 1.54) is 0 Å². The minimum absolute atomic E-state index is 0.303. The van der Waals surface area contributed by atoms with E-state index in [1.807, 2.05) is 18.7 Å². The number of rotatable bonds is 7. The maximum absolute atomic E-state index is 9.77. The minimum atomic E-state index is -0.303. The van der Waals surface area contributed by atoms with Crippen LogP contribution in [0.2, 0.25) is 5.02 Å². The molecule has 0 aliphatic carbocycles. The Morgan fingerprint density at radius 2 is 2.11 bits per heavy atom. The molecule has 18 heavy (non-hydrogen) atoms. The van der Waals surface area contributed by atoms with E-state index in [0.29, 0.717) is 19.0 Å². The van der Waals surface area contributed by atoms with Crippen LogP contribution in [0.5, 0.6) is 0 Å². The van der Waals surface area contributed by atoms with Gasteiger partial charge in [0.05, 0.1) is 22.5 Å². The summed E-state index contributed by atoms with van der Waals surface area (Å²) in [5.41, 5.74) is 1.91. The van der Waals surface area contributed by atoms with Gasteiger partial charge in [0.1, 0.15) is 0 Å². The Labute approximate surface area is 114 Å². The van der Waals surface area contributed by atoms with Gasteiger partial charge in [-0.05, 0) is 18.8 Å². The standard InChI is InChI=1S/C13H24ClN3O/c1-5-11-13(14)12(17(4)16-11)8-15-7-10(18)6-9(2)3/h9-10,15,18H,5-8H2,1-4H3. The number of halogens is 1. The Morgan fingerprint density at radius 3 is 2.61 bits per heavy atom. The maximum Gasteiger partial charge on any atom is 0.0863 e. The lowest BCUT2D eigenvalue weighted by Crippen LogP contribution is -2.28. The van der Waals surface area contributed by atoms with Crippen molar-refractivity contribution in [3.63, 3.8) is 0 Å². The van der Waals surface area contributed by atoms with Gasteiger partial charge in [-0.2, -0.15) is 5.10 Å². The van der Waals surface area contributed by atoms with E-state index in [-0.39, 0.29) is 6.10 Å². The van der Waals surface area contributed by atoms with Crippen molar-refractivity contribution >= 4 is 11.6 Å². The van der Waals surface area contributed by atoms with Gasteiger partial charge in [-0.3, -0.25) is 4.68 Å². The number of hydrogen-bond acceptors (Lipinski definition) is 3. The highest BCUT2D eigenvalue weighted by Gasteiger charge is 2.13. The molecular weight excluding hydrogens is 250 g/mol. The molecule has 1 aromatic heterocycles. The number of hydrogen-bond donors (Lipinski definition) is 2. The van der Waals surface area contributed by atoms with Gasteiger partial charge < -0.3 is 10.4 Å². The molecule has 1 atom stereocenters. The molecular formula is C13H24ClN3O. The van der Waals surface area contributed by atoms with Crippen LogP contribution in [0.4, 0.5) is 0 Å². The Kier molecular flexibility index (Phi) is 6.12. The number of aliphatic hydroxyl groups is 1. The van der Waals surface area contributed by atoms with Crippen LogP contribution >= 0.6 is 11.6 Å². The molecule has 5 heteroatoms. The fourth-order valence-electron chi connectivity index (χ4n) is 2.00. The molecule has 4 nitrogen and oxygen atoms in total. The molecule has 0 aliphatic rings. The van der Waals surface area contributed by atoms with E-state index in [0.717, 1.165) is 29.3 Å². The number of nitrogens with one attached hydrogen (secondary N) is 1. The summed E-state index contributed by atoms with van der Waals surface area (Å²) < 4.78 is 1.81. The maximum atomic E-state index is 9.77. The zero-order valence-electron chi connectivity index (χ0n) is 11.7. The molecule has 0 bridgehead atoms. The summed E-state index contributed by atoms with van der Waals surface area (Å²) in [6.07, 6.45) is 1.34. The molecule has 0 aliphatic heterocycles. The number of nitrogens with zero attached hydrogens (tertiary/aromatic N) is 2. The normalized spacial score (nSPS) is 13.3. The van der Waals surface area contributed by atoms with Crippen LogP contribution < -0.4 is 5.32 Å². The molecule has 1 unspecified atom stereocenters. The van der Waals surface area contributed by atoms with Gasteiger partial charge in [-0.25, -0.2) is 0 Å². The average molecular weight is 274 g/mol. The number of aliphatic hydroxyl groups excluding tert-OH is 1. The largest absolute Gasteiger partial charge is 0.392 e. The molecule has 0 aromatic carbocycles. The van der Waals surface area contributed by atoms with Gasteiger partial charge in [-0.1, -0.05) is 32.4 Å². The van der Waals surface area contributed by atoms with E-state index in [2.05, 4.69) is 24.3 Å². The smallest absolute Gasteiger partial charge is 0.0863 e. The SMILES string of the molecule is CCc1nn(C)c(CNCC(O)CC(C)C)c1Cl. The van der Waals surface area contributed by atoms with Gasteiger partial charge >= 0.3 is 0 Å². The molecule has 0 saturated carbocycles. The topological polar surface area (TPSA) is 50.1 Å². The first-order valence-corrected chi connectivity index (χ1v) is 6.92. The third-order valence-corrected chi connectivity index (χ3v) is 3.36. The quantitative estimate of drug-likeness (QED) is 0.800. The van der Waals surface area contributed by atoms with Crippen LogP contribution in [-0.4, -0.2) is 27.5 Å². The first-order valence-electron chi connectivity index (χ1n) is 6.54. The van der Waals surface area contributed by atoms with Crippen LogP contribution in [0.3, 0.4) is 0 Å².